The third-order valence-electron chi connectivity index (χ3n) is 5.58. The first-order valence-corrected chi connectivity index (χ1v) is 11.0. The maximum absolute atomic E-state index is 13.2. The summed E-state index contributed by atoms with van der Waals surface area (Å²) in [6.07, 6.45) is 0. The standard InChI is InChI=1S/C26H19BrN2O5/c1-33-19-10-5-16(6-11-19)23-22(24(30)17-7-12-21(34-2)20(27)13-17)25(31)26(32)29(23)18-8-3-15(14-28)4-9-18/h3-13,23,30H,1-2H3/b24-22-. The number of ketones is 1. The first-order valence-electron chi connectivity index (χ1n) is 10.2. The molecule has 1 amide bonds. The van der Waals surface area contributed by atoms with Crippen molar-refractivity contribution in [2.45, 2.75) is 6.04 Å². The predicted molar refractivity (Wildman–Crippen MR) is 130 cm³/mol. The van der Waals surface area contributed by atoms with Gasteiger partial charge in [-0.05, 0) is 76.1 Å². The van der Waals surface area contributed by atoms with Crippen molar-refractivity contribution in [1.82, 2.24) is 0 Å². The molecule has 1 heterocycles. The fourth-order valence-electron chi connectivity index (χ4n) is 3.87. The Labute approximate surface area is 204 Å². The molecule has 4 rings (SSSR count). The number of methoxy groups -OCH3 is 2. The summed E-state index contributed by atoms with van der Waals surface area (Å²) < 4.78 is 11.1. The molecule has 7 nitrogen and oxygen atoms in total. The van der Waals surface area contributed by atoms with E-state index in [1.54, 1.807) is 73.8 Å². The molecule has 3 aromatic rings. The number of anilines is 1. The van der Waals surface area contributed by atoms with Crippen molar-refractivity contribution in [1.29, 1.82) is 5.26 Å². The van der Waals surface area contributed by atoms with Crippen LogP contribution in [0.3, 0.4) is 0 Å². The normalized spacial score (nSPS) is 16.9. The highest BCUT2D eigenvalue weighted by molar-refractivity contribution is 9.10. The number of carbonyl (C=O) groups excluding carboxylic acids is 2. The number of ether oxygens (including phenoxy) is 2. The molecule has 1 aliphatic rings. The van der Waals surface area contributed by atoms with Crippen molar-refractivity contribution >= 4 is 39.1 Å². The van der Waals surface area contributed by atoms with Crippen LogP contribution in [0.15, 0.2) is 76.8 Å². The van der Waals surface area contributed by atoms with E-state index in [1.807, 2.05) is 6.07 Å². The van der Waals surface area contributed by atoms with Crippen molar-refractivity contribution in [3.8, 4) is 17.6 Å². The van der Waals surface area contributed by atoms with E-state index in [4.69, 9.17) is 14.7 Å². The Morgan fingerprint density at radius 1 is 1.00 bits per heavy atom. The molecule has 34 heavy (non-hydrogen) atoms. The number of halogens is 1. The topological polar surface area (TPSA) is 99.9 Å². The van der Waals surface area contributed by atoms with Gasteiger partial charge in [-0.15, -0.1) is 0 Å². The van der Waals surface area contributed by atoms with Crippen LogP contribution in [0.1, 0.15) is 22.7 Å². The highest BCUT2D eigenvalue weighted by atomic mass is 79.9. The minimum atomic E-state index is -0.889. The van der Waals surface area contributed by atoms with E-state index in [0.717, 1.165) is 0 Å². The largest absolute Gasteiger partial charge is 0.507 e. The molecule has 1 fully saturated rings. The van der Waals surface area contributed by atoms with Crippen LogP contribution in [0.4, 0.5) is 5.69 Å². The molecule has 1 aliphatic heterocycles. The molecule has 1 N–H and O–H groups in total. The number of nitriles is 1. The van der Waals surface area contributed by atoms with Crippen LogP contribution in [-0.4, -0.2) is 31.0 Å². The van der Waals surface area contributed by atoms with E-state index in [1.165, 1.54) is 12.0 Å². The summed E-state index contributed by atoms with van der Waals surface area (Å²) in [5.74, 6) is -0.729. The van der Waals surface area contributed by atoms with Gasteiger partial charge in [0, 0.05) is 11.3 Å². The van der Waals surface area contributed by atoms with Crippen LogP contribution in [-0.2, 0) is 9.59 Å². The Bertz CT molecular complexity index is 1340. The number of nitrogens with zero attached hydrogens (tertiary/aromatic N) is 2. The Morgan fingerprint density at radius 2 is 1.68 bits per heavy atom. The summed E-state index contributed by atoms with van der Waals surface area (Å²) in [5, 5.41) is 20.3. The van der Waals surface area contributed by atoms with Crippen LogP contribution < -0.4 is 14.4 Å². The number of amides is 1. The van der Waals surface area contributed by atoms with Gasteiger partial charge in [0.15, 0.2) is 0 Å². The van der Waals surface area contributed by atoms with Gasteiger partial charge < -0.3 is 14.6 Å². The van der Waals surface area contributed by atoms with Gasteiger partial charge in [0.1, 0.15) is 17.3 Å². The fraction of sp³-hybridized carbons (Fsp3) is 0.115. The Morgan fingerprint density at radius 3 is 2.24 bits per heavy atom. The maximum Gasteiger partial charge on any atom is 0.300 e. The smallest absolute Gasteiger partial charge is 0.300 e. The number of Topliss-reactive ketones (excluding diaryl/α,β-unsaturated/α-hetero) is 1. The molecule has 1 saturated heterocycles. The van der Waals surface area contributed by atoms with Crippen molar-refractivity contribution < 1.29 is 24.2 Å². The van der Waals surface area contributed by atoms with Crippen LogP contribution in [0.25, 0.3) is 5.76 Å². The molecular formula is C26H19BrN2O5. The molecule has 1 atom stereocenters. The van der Waals surface area contributed by atoms with Gasteiger partial charge in [-0.2, -0.15) is 5.26 Å². The molecule has 0 aliphatic carbocycles. The number of carbonyl (C=O) groups is 2. The molecule has 0 saturated carbocycles. The number of benzene rings is 3. The zero-order valence-corrected chi connectivity index (χ0v) is 19.9. The molecule has 0 aromatic heterocycles. The molecule has 0 bridgehead atoms. The summed E-state index contributed by atoms with van der Waals surface area (Å²) in [6, 6.07) is 19.3. The van der Waals surface area contributed by atoms with Crippen LogP contribution in [0.5, 0.6) is 11.5 Å². The van der Waals surface area contributed by atoms with Crippen LogP contribution >= 0.6 is 15.9 Å². The van der Waals surface area contributed by atoms with Gasteiger partial charge in [0.2, 0.25) is 0 Å². The monoisotopic (exact) mass is 518 g/mol. The van der Waals surface area contributed by atoms with E-state index in [0.29, 0.717) is 38.3 Å². The zero-order valence-electron chi connectivity index (χ0n) is 18.3. The van der Waals surface area contributed by atoms with Gasteiger partial charge >= 0.3 is 0 Å². The van der Waals surface area contributed by atoms with Gasteiger partial charge in [-0.25, -0.2) is 0 Å². The first kappa shape index (κ1) is 23.1. The third kappa shape index (κ3) is 4.02. The molecular weight excluding hydrogens is 500 g/mol. The summed E-state index contributed by atoms with van der Waals surface area (Å²) in [4.78, 5) is 27.7. The van der Waals surface area contributed by atoms with Gasteiger partial charge in [0.05, 0.1) is 41.9 Å². The van der Waals surface area contributed by atoms with E-state index < -0.39 is 17.7 Å². The summed E-state index contributed by atoms with van der Waals surface area (Å²) in [6.45, 7) is 0. The molecule has 0 radical (unpaired) electrons. The second-order valence-electron chi connectivity index (χ2n) is 7.45. The lowest BCUT2D eigenvalue weighted by Gasteiger charge is -2.25. The maximum atomic E-state index is 13.2. The summed E-state index contributed by atoms with van der Waals surface area (Å²) in [7, 11) is 3.06. The minimum absolute atomic E-state index is 0.0448. The second-order valence-corrected chi connectivity index (χ2v) is 8.30. The molecule has 1 unspecified atom stereocenters. The summed E-state index contributed by atoms with van der Waals surface area (Å²) in [5.41, 5.74) is 1.76. The molecule has 3 aromatic carbocycles. The number of rotatable bonds is 5. The second kappa shape index (κ2) is 9.41. The minimum Gasteiger partial charge on any atom is -0.507 e. The van der Waals surface area contributed by atoms with E-state index in [9.17, 15) is 14.7 Å². The number of aliphatic hydroxyl groups excluding tert-OH is 1. The zero-order chi connectivity index (χ0) is 24.4. The van der Waals surface area contributed by atoms with Gasteiger partial charge in [-0.3, -0.25) is 14.5 Å². The number of hydrogen-bond acceptors (Lipinski definition) is 6. The van der Waals surface area contributed by atoms with Crippen molar-refractivity contribution in [2.24, 2.45) is 0 Å². The van der Waals surface area contributed by atoms with Gasteiger partial charge in [-0.1, -0.05) is 12.1 Å². The quantitative estimate of drug-likeness (QED) is 0.291. The highest BCUT2D eigenvalue weighted by Gasteiger charge is 2.47. The molecule has 8 heteroatoms. The Hall–Kier alpha value is -4.09. The van der Waals surface area contributed by atoms with Gasteiger partial charge in [0.25, 0.3) is 11.7 Å². The average molecular weight is 519 g/mol. The third-order valence-corrected chi connectivity index (χ3v) is 6.20. The highest BCUT2D eigenvalue weighted by Crippen LogP contribution is 2.43. The summed E-state index contributed by atoms with van der Waals surface area (Å²) >= 11 is 3.39. The van der Waals surface area contributed by atoms with Crippen molar-refractivity contribution in [2.75, 3.05) is 19.1 Å². The lowest BCUT2D eigenvalue weighted by molar-refractivity contribution is -0.132. The predicted octanol–water partition coefficient (Wildman–Crippen LogP) is 4.96. The molecule has 170 valence electrons. The fourth-order valence-corrected chi connectivity index (χ4v) is 4.41. The van der Waals surface area contributed by atoms with E-state index in [-0.39, 0.29) is 11.3 Å². The van der Waals surface area contributed by atoms with Crippen LogP contribution in [0, 0.1) is 11.3 Å². The average Bonchev–Trinajstić information content (AvgIpc) is 3.13. The first-order chi connectivity index (χ1) is 16.4. The van der Waals surface area contributed by atoms with E-state index >= 15 is 0 Å². The molecule has 0 spiro atoms. The van der Waals surface area contributed by atoms with E-state index in [2.05, 4.69) is 15.9 Å². The Kier molecular flexibility index (Phi) is 6.39. The number of hydrogen-bond donors (Lipinski definition) is 1. The lowest BCUT2D eigenvalue weighted by atomic mass is 9.95. The Balaban J connectivity index is 1.92. The van der Waals surface area contributed by atoms with Crippen molar-refractivity contribution in [3.63, 3.8) is 0 Å². The van der Waals surface area contributed by atoms with Crippen molar-refractivity contribution in [3.05, 3.63) is 93.5 Å². The number of aliphatic hydroxyl groups is 1. The van der Waals surface area contributed by atoms with Crippen LogP contribution in [0.2, 0.25) is 0 Å². The SMILES string of the molecule is COc1ccc(C2/C(=C(/O)c3ccc(OC)c(Br)c3)C(=O)C(=O)N2c2ccc(C#N)cc2)cc1. The lowest BCUT2D eigenvalue weighted by Crippen LogP contribution is -2.29.